The maximum absolute atomic E-state index is 12.8. The van der Waals surface area contributed by atoms with E-state index in [-0.39, 0.29) is 49.9 Å². The molecule has 1 heterocycles. The van der Waals surface area contributed by atoms with E-state index < -0.39 is 6.10 Å². The topological polar surface area (TPSA) is 23.5 Å². The molecule has 2 aromatic rings. The van der Waals surface area contributed by atoms with E-state index in [1.54, 1.807) is 12.1 Å². The van der Waals surface area contributed by atoms with Gasteiger partial charge in [-0.15, -0.1) is 0 Å². The number of benzene rings is 2. The fraction of sp³-hybridized carbons (Fsp3) is 0.333. The van der Waals surface area contributed by atoms with E-state index in [2.05, 4.69) is 29.2 Å². The first-order chi connectivity index (χ1) is 10.2. The Hall–Kier alpha value is -0.268. The van der Waals surface area contributed by atoms with Crippen molar-refractivity contribution in [2.45, 2.75) is 32.0 Å². The van der Waals surface area contributed by atoms with Gasteiger partial charge in [-0.2, -0.15) is 0 Å². The molecule has 0 aliphatic carbocycles. The van der Waals surface area contributed by atoms with Gasteiger partial charge in [0, 0.05) is 57.2 Å². The van der Waals surface area contributed by atoms with Crippen LogP contribution in [0, 0.1) is 49.9 Å². The molecular weight excluding hydrogens is 492 g/mol. The molecule has 0 saturated heterocycles. The van der Waals surface area contributed by atoms with Crippen LogP contribution in [0.15, 0.2) is 48.5 Å². The number of aliphatic hydroxyl groups excluding tert-OH is 1. The molecule has 0 fully saturated rings. The van der Waals surface area contributed by atoms with Crippen LogP contribution in [-0.4, -0.2) is 16.6 Å². The van der Waals surface area contributed by atoms with Gasteiger partial charge < -0.3 is 5.11 Å². The van der Waals surface area contributed by atoms with Crippen LogP contribution in [0.4, 0.5) is 4.39 Å². The van der Waals surface area contributed by atoms with Gasteiger partial charge in [0.2, 0.25) is 0 Å². The normalized spacial score (nSPS) is 15.2. The molecule has 0 aromatic heterocycles. The van der Waals surface area contributed by atoms with Crippen molar-refractivity contribution in [2.24, 2.45) is 0 Å². The average Bonchev–Trinajstić information content (AvgIpc) is 2.90. The molecule has 1 radical (unpaired) electrons. The quantitative estimate of drug-likeness (QED) is 0.662. The van der Waals surface area contributed by atoms with Crippen LogP contribution in [0.5, 0.6) is 0 Å². The number of aliphatic hydroxyl groups is 1. The largest absolute Gasteiger partial charge is 0.388 e. The summed E-state index contributed by atoms with van der Waals surface area (Å²) in [5, 5.41) is 10.1. The Balaban J connectivity index is 0.00000176. The minimum Gasteiger partial charge on any atom is -0.388 e. The Labute approximate surface area is 166 Å². The van der Waals surface area contributed by atoms with Crippen molar-refractivity contribution in [3.8, 4) is 0 Å². The second kappa shape index (κ2) is 8.55. The van der Waals surface area contributed by atoms with E-state index in [0.717, 1.165) is 31.6 Å². The fourth-order valence-corrected chi connectivity index (χ4v) is 2.92. The number of hydrogen-bond acceptors (Lipinski definition) is 2. The van der Waals surface area contributed by atoms with Crippen LogP contribution in [0.25, 0.3) is 0 Å². The first kappa shape index (κ1) is 18.1. The molecule has 0 amide bonds. The van der Waals surface area contributed by atoms with Crippen LogP contribution in [0.2, 0.25) is 0 Å². The predicted octanol–water partition coefficient (Wildman–Crippen LogP) is 3.66. The number of halogens is 1. The van der Waals surface area contributed by atoms with E-state index >= 15 is 0 Å². The molecule has 3 rings (SSSR count). The number of nitrogens with zero attached hydrogens (tertiary/aromatic N) is 1. The van der Waals surface area contributed by atoms with Crippen molar-refractivity contribution in [3.63, 3.8) is 0 Å². The Morgan fingerprint density at radius 3 is 2.18 bits per heavy atom. The third-order valence-corrected chi connectivity index (χ3v) is 4.11. The monoisotopic (exact) mass is 512 g/mol. The zero-order valence-electron chi connectivity index (χ0n) is 12.6. The van der Waals surface area contributed by atoms with Crippen molar-refractivity contribution < 1.29 is 53.6 Å². The molecule has 1 atom stereocenters. The summed E-state index contributed by atoms with van der Waals surface area (Å²) in [5.74, 6) is -0.263. The van der Waals surface area contributed by atoms with Gasteiger partial charge in [0.25, 0.3) is 0 Å². The van der Waals surface area contributed by atoms with E-state index in [1.165, 1.54) is 23.3 Å². The van der Waals surface area contributed by atoms with Crippen LogP contribution in [-0.2, 0) is 13.1 Å². The molecule has 2 aromatic carbocycles. The Morgan fingerprint density at radius 1 is 1.00 bits per heavy atom. The second-order valence-corrected chi connectivity index (χ2v) is 5.69. The number of fused-ring (bicyclic) bond motifs is 1. The van der Waals surface area contributed by atoms with E-state index in [9.17, 15) is 9.50 Å². The molecule has 4 heteroatoms. The van der Waals surface area contributed by atoms with Crippen molar-refractivity contribution in [3.05, 3.63) is 71.0 Å². The minimum absolute atomic E-state index is 0. The molecule has 0 spiro atoms. The van der Waals surface area contributed by atoms with Crippen molar-refractivity contribution in [2.75, 3.05) is 6.54 Å². The summed E-state index contributed by atoms with van der Waals surface area (Å²) in [6, 6.07) is 14.6. The van der Waals surface area contributed by atoms with Gasteiger partial charge in [-0.25, -0.2) is 4.39 Å². The van der Waals surface area contributed by atoms with Gasteiger partial charge in [-0.1, -0.05) is 36.4 Å². The van der Waals surface area contributed by atoms with Crippen LogP contribution in [0.1, 0.15) is 35.6 Å². The minimum atomic E-state index is -0.504. The molecule has 2 nitrogen and oxygen atoms in total. The maximum atomic E-state index is 12.8. The van der Waals surface area contributed by atoms with Crippen molar-refractivity contribution in [1.82, 2.24) is 4.90 Å². The SMILES string of the molecule is OC(CCCN1Cc2ccccc2C1)c1ccc(F)cc1.[Ac]. The molecule has 1 aliphatic rings. The first-order valence-corrected chi connectivity index (χ1v) is 7.45. The molecule has 0 saturated carbocycles. The van der Waals surface area contributed by atoms with E-state index in [0.29, 0.717) is 6.42 Å². The number of rotatable bonds is 5. The average molecular weight is 512 g/mol. The van der Waals surface area contributed by atoms with Crippen LogP contribution < -0.4 is 0 Å². The van der Waals surface area contributed by atoms with E-state index in [1.807, 2.05) is 0 Å². The summed E-state index contributed by atoms with van der Waals surface area (Å²) in [5.41, 5.74) is 3.62. The standard InChI is InChI=1S/C18H20FNO.Ac/c19-17-9-7-14(8-10-17)18(21)6-3-11-20-12-15-4-1-2-5-16(15)13-20;/h1-2,4-5,7-10,18,21H,3,6,11-13H2;. The van der Waals surface area contributed by atoms with Gasteiger partial charge in [0.1, 0.15) is 5.82 Å². The van der Waals surface area contributed by atoms with Crippen molar-refractivity contribution in [1.29, 1.82) is 0 Å². The Kier molecular flexibility index (Phi) is 7.02. The summed E-state index contributed by atoms with van der Waals surface area (Å²) < 4.78 is 12.8. The van der Waals surface area contributed by atoms with Crippen LogP contribution >= 0.6 is 0 Å². The van der Waals surface area contributed by atoms with Gasteiger partial charge >= 0.3 is 0 Å². The third kappa shape index (κ3) is 4.62. The van der Waals surface area contributed by atoms with Crippen molar-refractivity contribution >= 4 is 0 Å². The summed E-state index contributed by atoms with van der Waals surface area (Å²) in [7, 11) is 0. The third-order valence-electron chi connectivity index (χ3n) is 4.11. The summed E-state index contributed by atoms with van der Waals surface area (Å²) in [4.78, 5) is 2.40. The van der Waals surface area contributed by atoms with Gasteiger partial charge in [0.05, 0.1) is 6.10 Å². The fourth-order valence-electron chi connectivity index (χ4n) is 2.92. The van der Waals surface area contributed by atoms with Crippen LogP contribution in [0.3, 0.4) is 0 Å². The number of hydrogen-bond donors (Lipinski definition) is 1. The van der Waals surface area contributed by atoms with Gasteiger partial charge in [-0.3, -0.25) is 4.90 Å². The molecule has 1 N–H and O–H groups in total. The zero-order valence-corrected chi connectivity index (χ0v) is 17.3. The predicted molar refractivity (Wildman–Crippen MR) is 81.1 cm³/mol. The summed E-state index contributed by atoms with van der Waals surface area (Å²) >= 11 is 0. The van der Waals surface area contributed by atoms with E-state index in [4.69, 9.17) is 0 Å². The van der Waals surface area contributed by atoms with Gasteiger partial charge in [0.15, 0.2) is 0 Å². The Morgan fingerprint density at radius 2 is 1.59 bits per heavy atom. The molecule has 22 heavy (non-hydrogen) atoms. The zero-order chi connectivity index (χ0) is 14.7. The second-order valence-electron chi connectivity index (χ2n) is 5.69. The first-order valence-electron chi connectivity index (χ1n) is 7.45. The molecule has 1 unspecified atom stereocenters. The van der Waals surface area contributed by atoms with Gasteiger partial charge in [-0.05, 0) is 48.2 Å². The maximum Gasteiger partial charge on any atom is 0.123 e. The summed E-state index contributed by atoms with van der Waals surface area (Å²) in [6.07, 6.45) is 1.14. The molecule has 1 aliphatic heterocycles. The molecular formula is C18H20AcFNO. The smallest absolute Gasteiger partial charge is 0.123 e. The Bertz CT molecular complexity index is 577. The summed E-state index contributed by atoms with van der Waals surface area (Å²) in [6.45, 7) is 2.98. The molecule has 0 bridgehead atoms. The molecule has 113 valence electrons.